The van der Waals surface area contributed by atoms with Gasteiger partial charge in [0.15, 0.2) is 0 Å². The number of carbonyl (C=O) groups is 3. The van der Waals surface area contributed by atoms with Gasteiger partial charge in [0.25, 0.3) is 0 Å². The van der Waals surface area contributed by atoms with Crippen molar-refractivity contribution < 1.29 is 23.9 Å². The van der Waals surface area contributed by atoms with Crippen molar-refractivity contribution in [3.8, 4) is 5.75 Å². The van der Waals surface area contributed by atoms with Crippen LogP contribution in [0.5, 0.6) is 5.75 Å². The maximum atomic E-state index is 14.4. The van der Waals surface area contributed by atoms with Crippen LogP contribution in [-0.2, 0) is 25.5 Å². The summed E-state index contributed by atoms with van der Waals surface area (Å²) in [7, 11) is 1.58. The molecule has 3 amide bonds. The first kappa shape index (κ1) is 32.8. The first-order chi connectivity index (χ1) is 23.4. The topological polar surface area (TPSA) is 100 Å². The molecule has 0 radical (unpaired) electrons. The third-order valence-corrected chi connectivity index (χ3v) is 11.6. The normalized spacial score (nSPS) is 31.5. The molecule has 48 heavy (non-hydrogen) atoms. The van der Waals surface area contributed by atoms with Crippen LogP contribution in [-0.4, -0.2) is 84.6 Å². The quantitative estimate of drug-likeness (QED) is 0.337. The summed E-state index contributed by atoms with van der Waals surface area (Å²) in [6.07, 6.45) is 11.7. The Kier molecular flexibility index (Phi) is 9.61. The third kappa shape index (κ3) is 6.39. The molecule has 9 heteroatoms. The second-order valence-corrected chi connectivity index (χ2v) is 14.7. The lowest BCUT2D eigenvalue weighted by molar-refractivity contribution is -0.141. The van der Waals surface area contributed by atoms with E-state index in [9.17, 15) is 14.4 Å². The average Bonchev–Trinajstić information content (AvgIpc) is 3.74. The van der Waals surface area contributed by atoms with E-state index in [1.165, 1.54) is 12.0 Å². The molecule has 3 saturated heterocycles. The number of hydrogen-bond donors (Lipinski definition) is 2. The van der Waals surface area contributed by atoms with E-state index in [1.54, 1.807) is 24.1 Å². The highest BCUT2D eigenvalue weighted by molar-refractivity contribution is 6.02. The number of nitrogens with one attached hydrogen (secondary N) is 2. The number of anilines is 1. The van der Waals surface area contributed by atoms with Crippen LogP contribution in [0.3, 0.4) is 0 Å². The fourth-order valence-electron chi connectivity index (χ4n) is 9.05. The number of benzene rings is 2. The van der Waals surface area contributed by atoms with Crippen molar-refractivity contribution >= 4 is 23.4 Å². The second kappa shape index (κ2) is 14.0. The summed E-state index contributed by atoms with van der Waals surface area (Å²) in [4.78, 5) is 46.8. The zero-order valence-electron chi connectivity index (χ0n) is 28.3. The molecule has 256 valence electrons. The van der Waals surface area contributed by atoms with Gasteiger partial charge in [-0.25, -0.2) is 0 Å². The number of carbonyl (C=O) groups excluding carboxylic acids is 3. The van der Waals surface area contributed by atoms with Crippen LogP contribution in [0.2, 0.25) is 0 Å². The predicted octanol–water partition coefficient (Wildman–Crippen LogP) is 4.82. The summed E-state index contributed by atoms with van der Waals surface area (Å²) < 4.78 is 11.9. The Bertz CT molecular complexity index is 1510. The van der Waals surface area contributed by atoms with Crippen LogP contribution in [0, 0.1) is 23.7 Å². The van der Waals surface area contributed by atoms with E-state index in [0.29, 0.717) is 29.8 Å². The number of piperidine rings is 1. The molecule has 2 N–H and O–H groups in total. The van der Waals surface area contributed by atoms with E-state index in [2.05, 4.69) is 52.8 Å². The van der Waals surface area contributed by atoms with Gasteiger partial charge < -0.3 is 29.9 Å². The Balaban J connectivity index is 1.05. The maximum Gasteiger partial charge on any atom is 0.246 e. The molecule has 5 aliphatic rings. The SMILES string of the molecule is COc1cccc(NC(=O)[C@H]2[C@H]3C=C[C@@]4(O3)[C@H]2C(=O)N(CCCN2CCC(Cc3ccccc3)CC2)[C@@H]4C(=O)N[C@@H]2CCCC[C@H]2C)c1. The van der Waals surface area contributed by atoms with Crippen LogP contribution in [0.15, 0.2) is 66.7 Å². The first-order valence-electron chi connectivity index (χ1n) is 18.1. The predicted molar refractivity (Wildman–Crippen MR) is 184 cm³/mol. The molecule has 4 aliphatic heterocycles. The fourth-order valence-corrected chi connectivity index (χ4v) is 9.05. The van der Waals surface area contributed by atoms with E-state index in [4.69, 9.17) is 9.47 Å². The first-order valence-corrected chi connectivity index (χ1v) is 18.1. The highest BCUT2D eigenvalue weighted by Crippen LogP contribution is 2.55. The summed E-state index contributed by atoms with van der Waals surface area (Å²) in [5.74, 6) is -0.390. The number of fused-ring (bicyclic) bond motifs is 1. The van der Waals surface area contributed by atoms with Gasteiger partial charge in [-0.15, -0.1) is 0 Å². The van der Waals surface area contributed by atoms with Gasteiger partial charge in [-0.2, -0.15) is 0 Å². The molecular weight excluding hydrogens is 604 g/mol. The average molecular weight is 655 g/mol. The van der Waals surface area contributed by atoms with Crippen molar-refractivity contribution in [3.05, 3.63) is 72.3 Å². The molecule has 7 rings (SSSR count). The summed E-state index contributed by atoms with van der Waals surface area (Å²) in [6, 6.07) is 17.2. The molecule has 1 aliphatic carbocycles. The van der Waals surface area contributed by atoms with Crippen molar-refractivity contribution in [2.45, 2.75) is 82.1 Å². The highest BCUT2D eigenvalue weighted by atomic mass is 16.5. The van der Waals surface area contributed by atoms with Gasteiger partial charge in [0.2, 0.25) is 17.7 Å². The standard InChI is InChI=1S/C39H50N4O5/c1-26-10-6-7-15-31(26)41-37(45)35-39-19-16-32(48-39)33(36(44)40-29-13-8-14-30(25-29)47-2)34(39)38(46)43(35)21-9-20-42-22-17-28(18-23-42)24-27-11-4-3-5-12-27/h3-5,8,11-14,16,19,25-26,28,31-35H,6-7,9-10,15,17-18,20-24H2,1-2H3,(H,40,44)(H,41,45)/t26-,31-,32-,33+,34-,35-,39-/m1/s1. The number of hydrogen-bond acceptors (Lipinski definition) is 6. The van der Waals surface area contributed by atoms with Gasteiger partial charge in [0.05, 0.1) is 25.0 Å². The Morgan fingerprint density at radius 3 is 2.54 bits per heavy atom. The summed E-state index contributed by atoms with van der Waals surface area (Å²) in [5, 5.41) is 6.34. The number of likely N-dealkylation sites (tertiary alicyclic amines) is 2. The molecular formula is C39H50N4O5. The smallest absolute Gasteiger partial charge is 0.246 e. The largest absolute Gasteiger partial charge is 0.497 e. The van der Waals surface area contributed by atoms with E-state index >= 15 is 0 Å². The molecule has 0 aromatic heterocycles. The van der Waals surface area contributed by atoms with Gasteiger partial charge in [0.1, 0.15) is 17.4 Å². The maximum absolute atomic E-state index is 14.4. The summed E-state index contributed by atoms with van der Waals surface area (Å²) >= 11 is 0. The van der Waals surface area contributed by atoms with Crippen LogP contribution in [0.1, 0.15) is 57.4 Å². The number of ether oxygens (including phenoxy) is 2. The van der Waals surface area contributed by atoms with Crippen LogP contribution < -0.4 is 15.4 Å². The van der Waals surface area contributed by atoms with Gasteiger partial charge in [-0.1, -0.05) is 68.3 Å². The third-order valence-electron chi connectivity index (χ3n) is 11.6. The summed E-state index contributed by atoms with van der Waals surface area (Å²) in [5.41, 5.74) is 0.840. The number of amides is 3. The minimum atomic E-state index is -1.16. The van der Waals surface area contributed by atoms with Crippen LogP contribution in [0.4, 0.5) is 5.69 Å². The molecule has 7 atom stereocenters. The van der Waals surface area contributed by atoms with Gasteiger partial charge >= 0.3 is 0 Å². The molecule has 0 unspecified atom stereocenters. The number of nitrogens with zero attached hydrogens (tertiary/aromatic N) is 2. The summed E-state index contributed by atoms with van der Waals surface area (Å²) in [6.45, 7) is 5.60. The highest BCUT2D eigenvalue weighted by Gasteiger charge is 2.72. The minimum absolute atomic E-state index is 0.0746. The van der Waals surface area contributed by atoms with Crippen molar-refractivity contribution in [1.82, 2.24) is 15.1 Å². The van der Waals surface area contributed by atoms with E-state index < -0.39 is 29.6 Å². The lowest BCUT2D eigenvalue weighted by Gasteiger charge is -2.36. The molecule has 9 nitrogen and oxygen atoms in total. The van der Waals surface area contributed by atoms with Gasteiger partial charge in [-0.3, -0.25) is 14.4 Å². The van der Waals surface area contributed by atoms with Gasteiger partial charge in [-0.05, 0) is 87.7 Å². The van der Waals surface area contributed by atoms with Crippen molar-refractivity contribution in [2.75, 3.05) is 38.6 Å². The molecule has 2 bridgehead atoms. The fraction of sp³-hybridized carbons (Fsp3) is 0.564. The molecule has 4 fully saturated rings. The lowest BCUT2D eigenvalue weighted by Crippen LogP contribution is -2.57. The Hall–Kier alpha value is -3.69. The van der Waals surface area contributed by atoms with Crippen LogP contribution >= 0.6 is 0 Å². The zero-order chi connectivity index (χ0) is 33.3. The monoisotopic (exact) mass is 654 g/mol. The van der Waals surface area contributed by atoms with Gasteiger partial charge in [0, 0.05) is 24.3 Å². The van der Waals surface area contributed by atoms with Crippen LogP contribution in [0.25, 0.3) is 0 Å². The Morgan fingerprint density at radius 2 is 1.77 bits per heavy atom. The lowest BCUT2D eigenvalue weighted by atomic mass is 9.74. The van der Waals surface area contributed by atoms with Crippen molar-refractivity contribution in [3.63, 3.8) is 0 Å². The molecule has 4 heterocycles. The zero-order valence-corrected chi connectivity index (χ0v) is 28.3. The molecule has 1 spiro atoms. The van der Waals surface area contributed by atoms with Crippen molar-refractivity contribution in [2.24, 2.45) is 23.7 Å². The number of methoxy groups -OCH3 is 1. The van der Waals surface area contributed by atoms with E-state index in [-0.39, 0.29) is 23.8 Å². The van der Waals surface area contributed by atoms with Crippen molar-refractivity contribution in [1.29, 1.82) is 0 Å². The Morgan fingerprint density at radius 1 is 0.979 bits per heavy atom. The van der Waals surface area contributed by atoms with E-state index in [1.807, 2.05) is 24.3 Å². The Labute approximate surface area is 284 Å². The number of rotatable bonds is 11. The molecule has 1 saturated carbocycles. The molecule has 2 aromatic carbocycles. The minimum Gasteiger partial charge on any atom is -0.497 e. The molecule has 2 aromatic rings. The van der Waals surface area contributed by atoms with E-state index in [0.717, 1.165) is 64.6 Å². The second-order valence-electron chi connectivity index (χ2n) is 14.7.